The Balaban J connectivity index is 2.04. The molecule has 106 valence electrons. The average molecular weight is 305 g/mol. The molecule has 0 saturated heterocycles. The van der Waals surface area contributed by atoms with Crippen LogP contribution in [0.5, 0.6) is 0 Å². The summed E-state index contributed by atoms with van der Waals surface area (Å²) in [5.74, 6) is 0. The molecule has 0 aliphatic heterocycles. The van der Waals surface area contributed by atoms with Gasteiger partial charge in [0.05, 0.1) is 16.3 Å². The van der Waals surface area contributed by atoms with Gasteiger partial charge in [-0.3, -0.25) is 0 Å². The van der Waals surface area contributed by atoms with E-state index in [-0.39, 0.29) is 5.41 Å². The third-order valence-electron chi connectivity index (χ3n) is 3.23. The van der Waals surface area contributed by atoms with Gasteiger partial charge in [-0.1, -0.05) is 25.6 Å². The van der Waals surface area contributed by atoms with Gasteiger partial charge in [-0.15, -0.1) is 11.3 Å². The van der Waals surface area contributed by atoms with Crippen LogP contribution in [-0.2, 0) is 0 Å². The lowest BCUT2D eigenvalue weighted by atomic mass is 9.88. The van der Waals surface area contributed by atoms with E-state index in [2.05, 4.69) is 54.7 Å². The Morgan fingerprint density at radius 1 is 1.45 bits per heavy atom. The van der Waals surface area contributed by atoms with Gasteiger partial charge in [0.25, 0.3) is 0 Å². The van der Waals surface area contributed by atoms with E-state index in [1.165, 1.54) is 4.70 Å². The summed E-state index contributed by atoms with van der Waals surface area (Å²) in [7, 11) is 0. The average Bonchev–Trinajstić information content (AvgIpc) is 2.85. The van der Waals surface area contributed by atoms with Crippen LogP contribution in [0.2, 0.25) is 0 Å². The summed E-state index contributed by atoms with van der Waals surface area (Å²) in [6, 6.07) is 8.52. The summed E-state index contributed by atoms with van der Waals surface area (Å²) in [5.41, 5.74) is 2.32. The van der Waals surface area contributed by atoms with E-state index in [9.17, 15) is 0 Å². The molecule has 0 amide bonds. The molecular formula is C15H19N3S2. The molecule has 0 spiro atoms. The summed E-state index contributed by atoms with van der Waals surface area (Å²) >= 11 is 3.41. The minimum absolute atomic E-state index is 0.128. The molecule has 0 unspecified atom stereocenters. The minimum atomic E-state index is 0.128. The number of hydrogen-bond donors (Lipinski definition) is 1. The van der Waals surface area contributed by atoms with E-state index in [0.717, 1.165) is 28.5 Å². The zero-order valence-electron chi connectivity index (χ0n) is 12.1. The molecule has 3 nitrogen and oxygen atoms in total. The zero-order valence-corrected chi connectivity index (χ0v) is 13.7. The van der Waals surface area contributed by atoms with Crippen LogP contribution in [-0.4, -0.2) is 17.8 Å². The summed E-state index contributed by atoms with van der Waals surface area (Å²) in [6.45, 7) is 5.25. The summed E-state index contributed by atoms with van der Waals surface area (Å²) in [6.07, 6.45) is 3.57. The maximum Gasteiger partial charge on any atom is 0.150 e. The van der Waals surface area contributed by atoms with Crippen molar-refractivity contribution in [2.45, 2.75) is 31.0 Å². The molecular weight excluding hydrogens is 286 g/mol. The van der Waals surface area contributed by atoms with Crippen molar-refractivity contribution in [3.63, 3.8) is 0 Å². The van der Waals surface area contributed by atoms with Crippen molar-refractivity contribution in [1.29, 1.82) is 5.26 Å². The van der Waals surface area contributed by atoms with Crippen LogP contribution in [0.15, 0.2) is 22.5 Å². The van der Waals surface area contributed by atoms with Crippen molar-refractivity contribution < 1.29 is 0 Å². The number of nitrogens with zero attached hydrogens (tertiary/aromatic N) is 2. The fourth-order valence-corrected chi connectivity index (χ4v) is 3.45. The monoisotopic (exact) mass is 305 g/mol. The lowest BCUT2D eigenvalue weighted by Crippen LogP contribution is -2.22. The highest BCUT2D eigenvalue weighted by molar-refractivity contribution is 8.00. The Morgan fingerprint density at radius 2 is 2.25 bits per heavy atom. The van der Waals surface area contributed by atoms with Crippen molar-refractivity contribution >= 4 is 39.0 Å². The van der Waals surface area contributed by atoms with Gasteiger partial charge in [0.1, 0.15) is 0 Å². The summed E-state index contributed by atoms with van der Waals surface area (Å²) < 4.78 is 2.32. The van der Waals surface area contributed by atoms with E-state index in [0.29, 0.717) is 6.42 Å². The lowest BCUT2D eigenvalue weighted by molar-refractivity contribution is 0.364. The molecule has 0 saturated carbocycles. The Bertz CT molecular complexity index is 626. The fourth-order valence-electron chi connectivity index (χ4n) is 1.92. The number of hydrogen-bond acceptors (Lipinski definition) is 5. The highest BCUT2D eigenvalue weighted by Crippen LogP contribution is 2.30. The normalized spacial score (nSPS) is 11.5. The number of nitrogens with one attached hydrogen (secondary N) is 1. The number of rotatable bonds is 6. The third kappa shape index (κ3) is 3.87. The van der Waals surface area contributed by atoms with Gasteiger partial charge in [0, 0.05) is 18.7 Å². The zero-order chi connectivity index (χ0) is 14.6. The Kier molecular flexibility index (Phi) is 4.90. The molecule has 0 aliphatic rings. The maximum atomic E-state index is 8.68. The van der Waals surface area contributed by atoms with Gasteiger partial charge < -0.3 is 5.32 Å². The van der Waals surface area contributed by atoms with Crippen molar-refractivity contribution in [1.82, 2.24) is 4.98 Å². The van der Waals surface area contributed by atoms with Crippen LogP contribution in [0, 0.1) is 16.7 Å². The van der Waals surface area contributed by atoms with Gasteiger partial charge in [-0.2, -0.15) is 5.26 Å². The second-order valence-electron chi connectivity index (χ2n) is 5.54. The molecule has 0 atom stereocenters. The summed E-state index contributed by atoms with van der Waals surface area (Å²) in [5, 5.41) is 12.2. The third-order valence-corrected chi connectivity index (χ3v) is 5.23. The first kappa shape index (κ1) is 15.1. The van der Waals surface area contributed by atoms with E-state index < -0.39 is 0 Å². The van der Waals surface area contributed by atoms with Crippen molar-refractivity contribution in [3.8, 4) is 6.07 Å². The number of thiazole rings is 1. The number of nitriles is 1. The molecule has 1 aromatic carbocycles. The standard InChI is InChI=1S/C15H19N3S2/c1-15(2,7-4-8-16)10-17-11-5-6-12-13(9-11)20-14(18-12)19-3/h5-6,9,17H,4,7,10H2,1-3H3. The van der Waals surface area contributed by atoms with Crippen LogP contribution in [0.25, 0.3) is 10.2 Å². The molecule has 20 heavy (non-hydrogen) atoms. The highest BCUT2D eigenvalue weighted by Gasteiger charge is 2.17. The summed E-state index contributed by atoms with van der Waals surface area (Å²) in [4.78, 5) is 4.54. The largest absolute Gasteiger partial charge is 0.384 e. The molecule has 0 fully saturated rings. The van der Waals surface area contributed by atoms with Crippen molar-refractivity contribution in [3.05, 3.63) is 18.2 Å². The molecule has 5 heteroatoms. The molecule has 1 N–H and O–H groups in total. The number of fused-ring (bicyclic) bond motifs is 1. The highest BCUT2D eigenvalue weighted by atomic mass is 32.2. The second-order valence-corrected chi connectivity index (χ2v) is 7.63. The first-order chi connectivity index (χ1) is 9.54. The van der Waals surface area contributed by atoms with E-state index >= 15 is 0 Å². The van der Waals surface area contributed by atoms with Gasteiger partial charge in [0.15, 0.2) is 4.34 Å². The first-order valence-electron chi connectivity index (χ1n) is 6.59. The first-order valence-corrected chi connectivity index (χ1v) is 8.63. The van der Waals surface area contributed by atoms with E-state index in [1.807, 2.05) is 0 Å². The minimum Gasteiger partial charge on any atom is -0.384 e. The molecule has 1 heterocycles. The second kappa shape index (κ2) is 6.47. The molecule has 0 bridgehead atoms. The lowest BCUT2D eigenvalue weighted by Gasteiger charge is -2.24. The van der Waals surface area contributed by atoms with Crippen molar-refractivity contribution in [2.24, 2.45) is 5.41 Å². The predicted molar refractivity (Wildman–Crippen MR) is 88.5 cm³/mol. The van der Waals surface area contributed by atoms with Gasteiger partial charge in [-0.05, 0) is 36.3 Å². The van der Waals surface area contributed by atoms with E-state index in [1.54, 1.807) is 23.1 Å². The maximum absolute atomic E-state index is 8.68. The number of benzene rings is 1. The predicted octanol–water partition coefficient (Wildman–Crippen LogP) is 4.76. The van der Waals surface area contributed by atoms with Crippen LogP contribution in [0.1, 0.15) is 26.7 Å². The van der Waals surface area contributed by atoms with Gasteiger partial charge >= 0.3 is 0 Å². The Hall–Kier alpha value is -1.25. The van der Waals surface area contributed by atoms with Crippen LogP contribution >= 0.6 is 23.1 Å². The number of aromatic nitrogens is 1. The molecule has 0 aliphatic carbocycles. The number of thioether (sulfide) groups is 1. The topological polar surface area (TPSA) is 48.7 Å². The SMILES string of the molecule is CSc1nc2ccc(NCC(C)(C)CCC#N)cc2s1. The smallest absolute Gasteiger partial charge is 0.150 e. The molecule has 2 rings (SSSR count). The van der Waals surface area contributed by atoms with Crippen LogP contribution < -0.4 is 5.32 Å². The Morgan fingerprint density at radius 3 is 2.95 bits per heavy atom. The van der Waals surface area contributed by atoms with Crippen LogP contribution in [0.4, 0.5) is 5.69 Å². The van der Waals surface area contributed by atoms with Gasteiger partial charge in [0.2, 0.25) is 0 Å². The molecule has 2 aromatic rings. The number of anilines is 1. The molecule has 1 aromatic heterocycles. The van der Waals surface area contributed by atoms with Crippen LogP contribution in [0.3, 0.4) is 0 Å². The Labute approximate surface area is 128 Å². The molecule has 0 radical (unpaired) electrons. The van der Waals surface area contributed by atoms with Gasteiger partial charge in [-0.25, -0.2) is 4.98 Å². The quantitative estimate of drug-likeness (QED) is 0.782. The van der Waals surface area contributed by atoms with E-state index in [4.69, 9.17) is 5.26 Å². The van der Waals surface area contributed by atoms with Crippen molar-refractivity contribution in [2.75, 3.05) is 18.1 Å². The fraction of sp³-hybridized carbons (Fsp3) is 0.467.